The molecule has 0 atom stereocenters. The molecule has 0 bridgehead atoms. The van der Waals surface area contributed by atoms with Crippen LogP contribution in [0.25, 0.3) is 11.8 Å². The predicted octanol–water partition coefficient (Wildman–Crippen LogP) is 3.98. The third-order valence-electron chi connectivity index (χ3n) is 4.16. The molecule has 2 aromatic carbocycles. The van der Waals surface area contributed by atoms with Crippen LogP contribution in [0.5, 0.6) is 0 Å². The van der Waals surface area contributed by atoms with Crippen LogP contribution in [0.1, 0.15) is 21.6 Å². The van der Waals surface area contributed by atoms with Gasteiger partial charge in [0.2, 0.25) is 5.91 Å². The summed E-state index contributed by atoms with van der Waals surface area (Å²) in [7, 11) is 1.55. The number of anilines is 1. The fourth-order valence-corrected chi connectivity index (χ4v) is 2.98. The lowest BCUT2D eigenvalue weighted by atomic mass is 10.2. The van der Waals surface area contributed by atoms with E-state index in [1.165, 1.54) is 22.9 Å². The molecule has 0 aliphatic carbocycles. The first-order valence-corrected chi connectivity index (χ1v) is 9.09. The van der Waals surface area contributed by atoms with Crippen molar-refractivity contribution in [1.29, 1.82) is 0 Å². The molecule has 0 radical (unpaired) electrons. The zero-order valence-corrected chi connectivity index (χ0v) is 16.5. The summed E-state index contributed by atoms with van der Waals surface area (Å²) < 4.78 is 14.6. The summed E-state index contributed by atoms with van der Waals surface area (Å²) in [5.41, 5.74) is 2.87. The van der Waals surface area contributed by atoms with Gasteiger partial charge < -0.3 is 10.6 Å². The lowest BCUT2D eigenvalue weighted by molar-refractivity contribution is -0.111. The second kappa shape index (κ2) is 8.70. The summed E-state index contributed by atoms with van der Waals surface area (Å²) in [5, 5.41) is 9.90. The van der Waals surface area contributed by atoms with E-state index in [1.807, 2.05) is 0 Å². The van der Waals surface area contributed by atoms with E-state index in [1.54, 1.807) is 56.4 Å². The highest BCUT2D eigenvalue weighted by atomic mass is 35.5. The van der Waals surface area contributed by atoms with Crippen molar-refractivity contribution in [3.63, 3.8) is 0 Å². The number of nitrogens with zero attached hydrogens (tertiary/aromatic N) is 2. The van der Waals surface area contributed by atoms with Gasteiger partial charge in [-0.3, -0.25) is 9.59 Å². The summed E-state index contributed by atoms with van der Waals surface area (Å²) in [6.07, 6.45) is 2.91. The standard InChI is InChI=1S/C21H18ClFN4O2/c1-13-18(20(22)27(26-13)17-9-5-15(23)6-10-17)11-12-19(28)25-16-7-3-14(4-8-16)21(29)24-2/h3-12H,1-2H3,(H,24,29)(H,25,28)/b12-11+. The zero-order chi connectivity index (χ0) is 21.0. The molecule has 2 N–H and O–H groups in total. The molecule has 0 saturated heterocycles. The van der Waals surface area contributed by atoms with E-state index in [0.717, 1.165) is 0 Å². The first kappa shape index (κ1) is 20.3. The third kappa shape index (κ3) is 4.70. The molecule has 0 unspecified atom stereocenters. The van der Waals surface area contributed by atoms with Crippen molar-refractivity contribution in [2.75, 3.05) is 12.4 Å². The largest absolute Gasteiger partial charge is 0.355 e. The number of carbonyl (C=O) groups excluding carboxylic acids is 2. The second-order valence-corrected chi connectivity index (χ2v) is 6.52. The van der Waals surface area contributed by atoms with Gasteiger partial charge in [-0.05, 0) is 61.5 Å². The molecule has 29 heavy (non-hydrogen) atoms. The van der Waals surface area contributed by atoms with Crippen LogP contribution in [0.3, 0.4) is 0 Å². The molecule has 3 aromatic rings. The highest BCUT2D eigenvalue weighted by Gasteiger charge is 2.13. The van der Waals surface area contributed by atoms with Crippen LogP contribution in [0, 0.1) is 12.7 Å². The third-order valence-corrected chi connectivity index (χ3v) is 4.53. The molecule has 8 heteroatoms. The molecule has 2 amide bonds. The number of aryl methyl sites for hydroxylation is 1. The molecule has 0 aliphatic heterocycles. The number of hydrogen-bond donors (Lipinski definition) is 2. The van der Waals surface area contributed by atoms with Crippen LogP contribution in [-0.2, 0) is 4.79 Å². The van der Waals surface area contributed by atoms with Crippen molar-refractivity contribution < 1.29 is 14.0 Å². The van der Waals surface area contributed by atoms with Crippen LogP contribution in [0.4, 0.5) is 10.1 Å². The summed E-state index contributed by atoms with van der Waals surface area (Å²) in [6, 6.07) is 12.3. The van der Waals surface area contributed by atoms with E-state index < -0.39 is 0 Å². The van der Waals surface area contributed by atoms with E-state index in [4.69, 9.17) is 11.6 Å². The van der Waals surface area contributed by atoms with Gasteiger partial charge in [0.25, 0.3) is 5.91 Å². The van der Waals surface area contributed by atoms with E-state index >= 15 is 0 Å². The lowest BCUT2D eigenvalue weighted by Crippen LogP contribution is -2.17. The van der Waals surface area contributed by atoms with Crippen LogP contribution in [-0.4, -0.2) is 28.6 Å². The van der Waals surface area contributed by atoms with Crippen molar-refractivity contribution >= 4 is 35.2 Å². The molecular weight excluding hydrogens is 395 g/mol. The Morgan fingerprint density at radius 2 is 1.76 bits per heavy atom. The monoisotopic (exact) mass is 412 g/mol. The summed E-state index contributed by atoms with van der Waals surface area (Å²) in [5.74, 6) is -0.914. The Bertz CT molecular complexity index is 1070. The second-order valence-electron chi connectivity index (χ2n) is 6.16. The zero-order valence-electron chi connectivity index (χ0n) is 15.7. The molecular formula is C21H18ClFN4O2. The quantitative estimate of drug-likeness (QED) is 0.622. The SMILES string of the molecule is CNC(=O)c1ccc(NC(=O)/C=C/c2c(C)nn(-c3ccc(F)cc3)c2Cl)cc1. The van der Waals surface area contributed by atoms with Gasteiger partial charge in [0.15, 0.2) is 0 Å². The van der Waals surface area contributed by atoms with Gasteiger partial charge in [-0.2, -0.15) is 5.10 Å². The summed E-state index contributed by atoms with van der Waals surface area (Å²) >= 11 is 6.39. The number of rotatable bonds is 5. The van der Waals surface area contributed by atoms with Gasteiger partial charge in [0.1, 0.15) is 11.0 Å². The number of nitrogens with one attached hydrogen (secondary N) is 2. The number of hydrogen-bond acceptors (Lipinski definition) is 3. The minimum Gasteiger partial charge on any atom is -0.355 e. The molecule has 0 saturated carbocycles. The fourth-order valence-electron chi connectivity index (χ4n) is 2.65. The van der Waals surface area contributed by atoms with Crippen LogP contribution < -0.4 is 10.6 Å². The Morgan fingerprint density at radius 1 is 1.10 bits per heavy atom. The summed E-state index contributed by atoms with van der Waals surface area (Å²) in [4.78, 5) is 23.8. The minimum absolute atomic E-state index is 0.203. The van der Waals surface area contributed by atoms with Crippen LogP contribution >= 0.6 is 11.6 Å². The molecule has 6 nitrogen and oxygen atoms in total. The van der Waals surface area contributed by atoms with Gasteiger partial charge in [0.05, 0.1) is 11.4 Å². The Kier molecular flexibility index (Phi) is 6.09. The van der Waals surface area contributed by atoms with Crippen molar-refractivity contribution in [3.8, 4) is 5.69 Å². The topological polar surface area (TPSA) is 76.0 Å². The highest BCUT2D eigenvalue weighted by molar-refractivity contribution is 6.31. The minimum atomic E-state index is -0.359. The average Bonchev–Trinajstić information content (AvgIpc) is 3.00. The maximum absolute atomic E-state index is 13.1. The van der Waals surface area contributed by atoms with Gasteiger partial charge in [-0.25, -0.2) is 9.07 Å². The van der Waals surface area contributed by atoms with E-state index in [2.05, 4.69) is 15.7 Å². The molecule has 0 aliphatic rings. The van der Waals surface area contributed by atoms with Crippen molar-refractivity contribution in [2.45, 2.75) is 6.92 Å². The Morgan fingerprint density at radius 3 is 2.38 bits per heavy atom. The number of aromatic nitrogens is 2. The van der Waals surface area contributed by atoms with Gasteiger partial charge >= 0.3 is 0 Å². The molecule has 0 fully saturated rings. The smallest absolute Gasteiger partial charge is 0.251 e. The number of amides is 2. The first-order valence-electron chi connectivity index (χ1n) is 8.71. The van der Waals surface area contributed by atoms with Gasteiger partial charge in [-0.15, -0.1) is 0 Å². The fraction of sp³-hybridized carbons (Fsp3) is 0.0952. The summed E-state index contributed by atoms with van der Waals surface area (Å²) in [6.45, 7) is 1.76. The number of carbonyl (C=O) groups is 2. The molecule has 0 spiro atoms. The average molecular weight is 413 g/mol. The normalized spacial score (nSPS) is 10.9. The maximum Gasteiger partial charge on any atom is 0.251 e. The Balaban J connectivity index is 1.73. The highest BCUT2D eigenvalue weighted by Crippen LogP contribution is 2.25. The van der Waals surface area contributed by atoms with Crippen molar-refractivity contribution in [3.05, 3.63) is 82.4 Å². The Hall–Kier alpha value is -3.45. The molecule has 1 aromatic heterocycles. The molecule has 148 valence electrons. The lowest BCUT2D eigenvalue weighted by Gasteiger charge is -2.04. The maximum atomic E-state index is 13.1. The number of benzene rings is 2. The van der Waals surface area contributed by atoms with Crippen LogP contribution in [0.2, 0.25) is 5.15 Å². The van der Waals surface area contributed by atoms with E-state index in [0.29, 0.717) is 33.3 Å². The molecule has 1 heterocycles. The van der Waals surface area contributed by atoms with Crippen LogP contribution in [0.15, 0.2) is 54.6 Å². The number of halogens is 2. The van der Waals surface area contributed by atoms with E-state index in [9.17, 15) is 14.0 Å². The van der Waals surface area contributed by atoms with Gasteiger partial charge in [0, 0.05) is 29.9 Å². The van der Waals surface area contributed by atoms with Crippen molar-refractivity contribution in [2.24, 2.45) is 0 Å². The first-order chi connectivity index (χ1) is 13.9. The predicted molar refractivity (Wildman–Crippen MR) is 111 cm³/mol. The van der Waals surface area contributed by atoms with Gasteiger partial charge in [-0.1, -0.05) is 11.6 Å². The molecule has 3 rings (SSSR count). The Labute approximate surface area is 172 Å². The van der Waals surface area contributed by atoms with E-state index in [-0.39, 0.29) is 17.6 Å². The van der Waals surface area contributed by atoms with Crippen molar-refractivity contribution in [1.82, 2.24) is 15.1 Å².